The second-order valence-electron chi connectivity index (χ2n) is 2.29. The molecule has 11 heavy (non-hydrogen) atoms. The number of imidazole rings is 1. The number of H-pyrrole nitrogens is 1. The molecule has 0 aromatic carbocycles. The van der Waals surface area contributed by atoms with E-state index in [0.717, 1.165) is 11.4 Å². The lowest BCUT2D eigenvalue weighted by molar-refractivity contribution is 1.02. The lowest BCUT2D eigenvalue weighted by Gasteiger charge is -2.04. The first-order valence-corrected chi connectivity index (χ1v) is 4.15. The van der Waals surface area contributed by atoms with Crippen molar-refractivity contribution in [1.82, 2.24) is 9.97 Å². The standard InChI is InChI=1S/C6H7Cl3N2/c1-3-4(2)11-5(10-3)6(7,8)9/h1-2H3,(H,10,11). The number of alkyl halides is 3. The predicted molar refractivity (Wildman–Crippen MR) is 47.3 cm³/mol. The van der Waals surface area contributed by atoms with E-state index < -0.39 is 3.79 Å². The van der Waals surface area contributed by atoms with E-state index in [1.807, 2.05) is 13.8 Å². The molecule has 0 atom stereocenters. The lowest BCUT2D eigenvalue weighted by atomic mass is 10.4. The van der Waals surface area contributed by atoms with E-state index in [4.69, 9.17) is 34.8 Å². The number of hydrogen-bond acceptors (Lipinski definition) is 1. The quantitative estimate of drug-likeness (QED) is 0.660. The number of rotatable bonds is 0. The van der Waals surface area contributed by atoms with Gasteiger partial charge in [-0.25, -0.2) is 4.98 Å². The molecule has 0 unspecified atom stereocenters. The number of hydrogen-bond donors (Lipinski definition) is 1. The zero-order valence-corrected chi connectivity index (χ0v) is 8.35. The fraction of sp³-hybridized carbons (Fsp3) is 0.500. The van der Waals surface area contributed by atoms with Crippen LogP contribution in [0.1, 0.15) is 17.2 Å². The zero-order chi connectivity index (χ0) is 8.65. The molecule has 0 saturated heterocycles. The second kappa shape index (κ2) is 2.85. The molecule has 0 aliphatic carbocycles. The minimum atomic E-state index is -1.45. The topological polar surface area (TPSA) is 28.7 Å². The van der Waals surface area contributed by atoms with E-state index >= 15 is 0 Å². The van der Waals surface area contributed by atoms with Crippen molar-refractivity contribution in [2.45, 2.75) is 17.6 Å². The summed E-state index contributed by atoms with van der Waals surface area (Å²) in [6.07, 6.45) is 0. The zero-order valence-electron chi connectivity index (χ0n) is 6.08. The van der Waals surface area contributed by atoms with E-state index in [1.165, 1.54) is 0 Å². The summed E-state index contributed by atoms with van der Waals surface area (Å²) in [6.45, 7) is 3.73. The van der Waals surface area contributed by atoms with Crippen LogP contribution in [-0.2, 0) is 3.79 Å². The summed E-state index contributed by atoms with van der Waals surface area (Å²) in [5.74, 6) is 0.373. The van der Waals surface area contributed by atoms with Gasteiger partial charge in [0.25, 0.3) is 0 Å². The molecule has 0 radical (unpaired) electrons. The van der Waals surface area contributed by atoms with E-state index in [-0.39, 0.29) is 0 Å². The molecule has 1 aromatic heterocycles. The maximum Gasteiger partial charge on any atom is 0.248 e. The normalized spacial score (nSPS) is 12.1. The number of aryl methyl sites for hydroxylation is 2. The van der Waals surface area contributed by atoms with Crippen LogP contribution in [0, 0.1) is 13.8 Å². The number of nitrogens with zero attached hydrogens (tertiary/aromatic N) is 1. The molecule has 0 aliphatic heterocycles. The molecule has 0 bridgehead atoms. The van der Waals surface area contributed by atoms with Crippen molar-refractivity contribution >= 4 is 34.8 Å². The highest BCUT2D eigenvalue weighted by Gasteiger charge is 2.26. The minimum Gasteiger partial charge on any atom is -0.342 e. The molecule has 0 saturated carbocycles. The number of halogens is 3. The Morgan fingerprint density at radius 2 is 1.82 bits per heavy atom. The maximum absolute atomic E-state index is 5.58. The number of nitrogens with one attached hydrogen (secondary N) is 1. The van der Waals surface area contributed by atoms with Crippen LogP contribution in [0.3, 0.4) is 0 Å². The monoisotopic (exact) mass is 212 g/mol. The Kier molecular flexibility index (Phi) is 2.37. The number of aromatic nitrogens is 2. The van der Waals surface area contributed by atoms with Crippen molar-refractivity contribution in [3.63, 3.8) is 0 Å². The van der Waals surface area contributed by atoms with E-state index in [9.17, 15) is 0 Å². The van der Waals surface area contributed by atoms with Gasteiger partial charge in [0.15, 0.2) is 5.82 Å². The summed E-state index contributed by atoms with van der Waals surface area (Å²) in [6, 6.07) is 0. The van der Waals surface area contributed by atoms with Gasteiger partial charge in [-0.15, -0.1) is 0 Å². The highest BCUT2D eigenvalue weighted by Crippen LogP contribution is 2.36. The second-order valence-corrected chi connectivity index (χ2v) is 4.57. The molecule has 0 fully saturated rings. The third-order valence-electron chi connectivity index (χ3n) is 1.40. The summed E-state index contributed by atoms with van der Waals surface area (Å²) in [5, 5.41) is 0. The van der Waals surface area contributed by atoms with E-state index in [1.54, 1.807) is 0 Å². The summed E-state index contributed by atoms with van der Waals surface area (Å²) in [5.41, 5.74) is 1.78. The van der Waals surface area contributed by atoms with Gasteiger partial charge in [0.1, 0.15) is 0 Å². The molecule has 1 heterocycles. The van der Waals surface area contributed by atoms with Crippen LogP contribution in [0.25, 0.3) is 0 Å². The van der Waals surface area contributed by atoms with Gasteiger partial charge in [0.2, 0.25) is 3.79 Å². The van der Waals surface area contributed by atoms with Gasteiger partial charge in [-0.05, 0) is 13.8 Å². The Morgan fingerprint density at radius 1 is 1.27 bits per heavy atom. The minimum absolute atomic E-state index is 0.373. The summed E-state index contributed by atoms with van der Waals surface area (Å²) >= 11 is 16.7. The van der Waals surface area contributed by atoms with E-state index in [2.05, 4.69) is 9.97 Å². The van der Waals surface area contributed by atoms with E-state index in [0.29, 0.717) is 5.82 Å². The van der Waals surface area contributed by atoms with Crippen molar-refractivity contribution in [3.05, 3.63) is 17.2 Å². The Bertz CT molecular complexity index is 242. The fourth-order valence-electron chi connectivity index (χ4n) is 0.682. The molecular formula is C6H7Cl3N2. The molecule has 2 nitrogen and oxygen atoms in total. The van der Waals surface area contributed by atoms with Gasteiger partial charge in [0, 0.05) is 5.69 Å². The van der Waals surface area contributed by atoms with Gasteiger partial charge >= 0.3 is 0 Å². The van der Waals surface area contributed by atoms with Gasteiger partial charge < -0.3 is 4.98 Å². The van der Waals surface area contributed by atoms with Crippen LogP contribution >= 0.6 is 34.8 Å². The predicted octanol–water partition coefficient (Wildman–Crippen LogP) is 2.85. The number of aromatic amines is 1. The smallest absolute Gasteiger partial charge is 0.248 e. The first-order valence-electron chi connectivity index (χ1n) is 3.01. The van der Waals surface area contributed by atoms with Crippen LogP contribution in [0.2, 0.25) is 0 Å². The van der Waals surface area contributed by atoms with Crippen molar-refractivity contribution in [1.29, 1.82) is 0 Å². The van der Waals surface area contributed by atoms with Gasteiger partial charge in [-0.1, -0.05) is 34.8 Å². The molecule has 0 aliphatic rings. The van der Waals surface area contributed by atoms with Crippen LogP contribution in [-0.4, -0.2) is 9.97 Å². The van der Waals surface area contributed by atoms with Crippen LogP contribution < -0.4 is 0 Å². The Balaban J connectivity index is 3.08. The van der Waals surface area contributed by atoms with Gasteiger partial charge in [-0.2, -0.15) is 0 Å². The lowest BCUT2D eigenvalue weighted by Crippen LogP contribution is -2.02. The highest BCUT2D eigenvalue weighted by atomic mass is 35.6. The SMILES string of the molecule is Cc1nc(C(Cl)(Cl)Cl)[nH]c1C. The van der Waals surface area contributed by atoms with Gasteiger partial charge in [-0.3, -0.25) is 0 Å². The summed E-state index contributed by atoms with van der Waals surface area (Å²) in [4.78, 5) is 6.91. The van der Waals surface area contributed by atoms with Crippen molar-refractivity contribution in [2.75, 3.05) is 0 Å². The third-order valence-corrected chi connectivity index (χ3v) is 1.93. The van der Waals surface area contributed by atoms with Crippen molar-refractivity contribution in [2.24, 2.45) is 0 Å². The highest BCUT2D eigenvalue weighted by molar-refractivity contribution is 6.66. The average molecular weight is 213 g/mol. The molecular weight excluding hydrogens is 206 g/mol. The fourth-order valence-corrected chi connectivity index (χ4v) is 0.950. The molecule has 0 spiro atoms. The molecule has 1 N–H and O–H groups in total. The summed E-state index contributed by atoms with van der Waals surface area (Å²) in [7, 11) is 0. The average Bonchev–Trinajstić information content (AvgIpc) is 2.11. The van der Waals surface area contributed by atoms with Gasteiger partial charge in [0.05, 0.1) is 5.69 Å². The summed E-state index contributed by atoms with van der Waals surface area (Å²) < 4.78 is -1.45. The largest absolute Gasteiger partial charge is 0.342 e. The Hall–Kier alpha value is 0.0800. The van der Waals surface area contributed by atoms with Crippen molar-refractivity contribution in [3.8, 4) is 0 Å². The van der Waals surface area contributed by atoms with Crippen molar-refractivity contribution < 1.29 is 0 Å². The molecule has 5 heteroatoms. The maximum atomic E-state index is 5.58. The van der Waals surface area contributed by atoms with Crippen LogP contribution in [0.5, 0.6) is 0 Å². The molecule has 1 rings (SSSR count). The Morgan fingerprint density at radius 3 is 2.00 bits per heavy atom. The van der Waals surface area contributed by atoms with Crippen LogP contribution in [0.15, 0.2) is 0 Å². The molecule has 0 amide bonds. The Labute approximate surface area is 79.9 Å². The third kappa shape index (κ3) is 2.01. The first-order chi connectivity index (χ1) is 4.91. The molecule has 62 valence electrons. The molecule has 1 aromatic rings. The van der Waals surface area contributed by atoms with Crippen LogP contribution in [0.4, 0.5) is 0 Å². The first kappa shape index (κ1) is 9.17.